The zero-order valence-corrected chi connectivity index (χ0v) is 11.4. The average molecular weight is 267 g/mol. The Bertz CT molecular complexity index is 478. The molecule has 0 amide bonds. The standard InChI is InChI=1S/C13H17NO3S/c1-9(6-15)7-18-8-11-10(2)17-13(14-11)12-4-3-5-16-12/h3-5,9,15H,6-8H2,1-2H3. The Labute approximate surface area is 110 Å². The van der Waals surface area contributed by atoms with Gasteiger partial charge in [0.05, 0.1) is 12.0 Å². The minimum atomic E-state index is 0.225. The largest absolute Gasteiger partial charge is 0.459 e. The van der Waals surface area contributed by atoms with Crippen molar-refractivity contribution in [2.24, 2.45) is 5.92 Å². The number of aryl methyl sites for hydroxylation is 1. The van der Waals surface area contributed by atoms with E-state index in [0.29, 0.717) is 17.6 Å². The molecule has 1 unspecified atom stereocenters. The number of hydrogen-bond acceptors (Lipinski definition) is 5. The summed E-state index contributed by atoms with van der Waals surface area (Å²) in [5.41, 5.74) is 0.941. The van der Waals surface area contributed by atoms with Gasteiger partial charge in [-0.25, -0.2) is 4.98 Å². The third-order valence-electron chi connectivity index (χ3n) is 2.58. The third kappa shape index (κ3) is 3.17. The Balaban J connectivity index is 1.97. The molecule has 2 rings (SSSR count). The number of aliphatic hydroxyl groups is 1. The number of aromatic nitrogens is 1. The van der Waals surface area contributed by atoms with Crippen molar-refractivity contribution in [3.05, 3.63) is 29.9 Å². The summed E-state index contributed by atoms with van der Waals surface area (Å²) in [5, 5.41) is 8.96. The highest BCUT2D eigenvalue weighted by atomic mass is 32.2. The van der Waals surface area contributed by atoms with Crippen molar-refractivity contribution in [1.82, 2.24) is 4.98 Å². The number of thioether (sulfide) groups is 1. The first kappa shape index (κ1) is 13.2. The van der Waals surface area contributed by atoms with E-state index in [2.05, 4.69) is 4.98 Å². The van der Waals surface area contributed by atoms with Crippen LogP contribution in [0.25, 0.3) is 11.7 Å². The van der Waals surface area contributed by atoms with Crippen LogP contribution in [0, 0.1) is 12.8 Å². The predicted molar refractivity (Wildman–Crippen MR) is 71.4 cm³/mol. The van der Waals surface area contributed by atoms with E-state index >= 15 is 0 Å². The van der Waals surface area contributed by atoms with E-state index < -0.39 is 0 Å². The van der Waals surface area contributed by atoms with Gasteiger partial charge in [0.1, 0.15) is 5.76 Å². The first-order chi connectivity index (χ1) is 8.70. The molecule has 0 aliphatic heterocycles. The molecule has 0 spiro atoms. The SMILES string of the molecule is Cc1oc(-c2ccco2)nc1CSCC(C)CO. The summed E-state index contributed by atoms with van der Waals surface area (Å²) in [6, 6.07) is 3.64. The first-order valence-electron chi connectivity index (χ1n) is 5.89. The fourth-order valence-electron chi connectivity index (χ4n) is 1.48. The van der Waals surface area contributed by atoms with Crippen molar-refractivity contribution < 1.29 is 13.9 Å². The van der Waals surface area contributed by atoms with Gasteiger partial charge in [0.2, 0.25) is 0 Å². The fourth-order valence-corrected chi connectivity index (χ4v) is 2.56. The van der Waals surface area contributed by atoms with Gasteiger partial charge in [-0.1, -0.05) is 6.92 Å². The summed E-state index contributed by atoms with van der Waals surface area (Å²) in [6.07, 6.45) is 1.60. The summed E-state index contributed by atoms with van der Waals surface area (Å²) in [4.78, 5) is 4.43. The maximum Gasteiger partial charge on any atom is 0.263 e. The minimum Gasteiger partial charge on any atom is -0.459 e. The molecule has 18 heavy (non-hydrogen) atoms. The van der Waals surface area contributed by atoms with Gasteiger partial charge in [-0.3, -0.25) is 0 Å². The lowest BCUT2D eigenvalue weighted by Crippen LogP contribution is -2.03. The second-order valence-electron chi connectivity index (χ2n) is 4.30. The molecule has 2 aromatic rings. The van der Waals surface area contributed by atoms with Gasteiger partial charge >= 0.3 is 0 Å². The van der Waals surface area contributed by atoms with Gasteiger partial charge in [-0.05, 0) is 30.7 Å². The molecule has 4 nitrogen and oxygen atoms in total. The normalized spacial score (nSPS) is 12.8. The molecule has 5 heteroatoms. The second kappa shape index (κ2) is 6.11. The molecule has 0 aliphatic carbocycles. The molecule has 0 aromatic carbocycles. The maximum absolute atomic E-state index is 8.96. The van der Waals surface area contributed by atoms with Crippen molar-refractivity contribution in [2.45, 2.75) is 19.6 Å². The Morgan fingerprint density at radius 2 is 2.33 bits per heavy atom. The molecule has 2 heterocycles. The number of aliphatic hydroxyl groups excluding tert-OH is 1. The van der Waals surface area contributed by atoms with E-state index in [1.165, 1.54) is 0 Å². The minimum absolute atomic E-state index is 0.225. The lowest BCUT2D eigenvalue weighted by molar-refractivity contribution is 0.250. The highest BCUT2D eigenvalue weighted by molar-refractivity contribution is 7.98. The number of oxazole rings is 1. The molecule has 0 aliphatic rings. The van der Waals surface area contributed by atoms with Crippen LogP contribution in [0.3, 0.4) is 0 Å². The molecule has 0 saturated carbocycles. The molecular formula is C13H17NO3S. The highest BCUT2D eigenvalue weighted by Gasteiger charge is 2.13. The van der Waals surface area contributed by atoms with Crippen molar-refractivity contribution in [2.75, 3.05) is 12.4 Å². The van der Waals surface area contributed by atoms with Gasteiger partial charge < -0.3 is 13.9 Å². The van der Waals surface area contributed by atoms with Crippen molar-refractivity contribution in [1.29, 1.82) is 0 Å². The van der Waals surface area contributed by atoms with E-state index in [-0.39, 0.29) is 6.61 Å². The zero-order chi connectivity index (χ0) is 13.0. The Kier molecular flexibility index (Phi) is 4.49. The smallest absolute Gasteiger partial charge is 0.263 e. The number of furan rings is 1. The van der Waals surface area contributed by atoms with Crippen LogP contribution in [0.5, 0.6) is 0 Å². The van der Waals surface area contributed by atoms with E-state index in [4.69, 9.17) is 13.9 Å². The summed E-state index contributed by atoms with van der Waals surface area (Å²) in [6.45, 7) is 4.16. The van der Waals surface area contributed by atoms with Gasteiger partial charge in [0, 0.05) is 12.4 Å². The van der Waals surface area contributed by atoms with Crippen LogP contribution in [0.4, 0.5) is 0 Å². The van der Waals surface area contributed by atoms with Crippen LogP contribution in [0.15, 0.2) is 27.2 Å². The number of nitrogens with zero attached hydrogens (tertiary/aromatic N) is 1. The number of hydrogen-bond donors (Lipinski definition) is 1. The van der Waals surface area contributed by atoms with E-state index in [9.17, 15) is 0 Å². The van der Waals surface area contributed by atoms with E-state index in [1.54, 1.807) is 18.0 Å². The first-order valence-corrected chi connectivity index (χ1v) is 7.05. The topological polar surface area (TPSA) is 59.4 Å². The number of rotatable bonds is 6. The molecule has 0 bridgehead atoms. The second-order valence-corrected chi connectivity index (χ2v) is 5.33. The van der Waals surface area contributed by atoms with Gasteiger partial charge in [0.15, 0.2) is 5.76 Å². The van der Waals surface area contributed by atoms with Crippen LogP contribution < -0.4 is 0 Å². The predicted octanol–water partition coefficient (Wildman–Crippen LogP) is 3.10. The lowest BCUT2D eigenvalue weighted by Gasteiger charge is -2.05. The molecule has 2 aromatic heterocycles. The van der Waals surface area contributed by atoms with Crippen molar-refractivity contribution in [3.63, 3.8) is 0 Å². The summed E-state index contributed by atoms with van der Waals surface area (Å²) >= 11 is 1.75. The van der Waals surface area contributed by atoms with E-state index in [0.717, 1.165) is 23.0 Å². The monoisotopic (exact) mass is 267 g/mol. The summed E-state index contributed by atoms with van der Waals surface area (Å²) < 4.78 is 10.8. The van der Waals surface area contributed by atoms with Crippen LogP contribution in [-0.4, -0.2) is 22.5 Å². The quantitative estimate of drug-likeness (QED) is 0.871. The molecule has 0 fully saturated rings. The summed E-state index contributed by atoms with van der Waals surface area (Å²) in [7, 11) is 0. The molecule has 98 valence electrons. The van der Waals surface area contributed by atoms with Crippen molar-refractivity contribution in [3.8, 4) is 11.7 Å². The molecule has 0 saturated heterocycles. The molecule has 1 N–H and O–H groups in total. The molecular weight excluding hydrogens is 250 g/mol. The Morgan fingerprint density at radius 3 is 3.00 bits per heavy atom. The molecule has 1 atom stereocenters. The van der Waals surface area contributed by atoms with Gasteiger partial charge in [-0.2, -0.15) is 11.8 Å². The van der Waals surface area contributed by atoms with Crippen LogP contribution in [-0.2, 0) is 5.75 Å². The van der Waals surface area contributed by atoms with Crippen LogP contribution >= 0.6 is 11.8 Å². The van der Waals surface area contributed by atoms with Crippen LogP contribution in [0.1, 0.15) is 18.4 Å². The maximum atomic E-state index is 8.96. The third-order valence-corrected chi connectivity index (χ3v) is 3.86. The van der Waals surface area contributed by atoms with E-state index in [1.807, 2.05) is 26.0 Å². The highest BCUT2D eigenvalue weighted by Crippen LogP contribution is 2.24. The average Bonchev–Trinajstić information content (AvgIpc) is 2.99. The lowest BCUT2D eigenvalue weighted by atomic mass is 10.2. The Hall–Kier alpha value is -1.20. The van der Waals surface area contributed by atoms with Gasteiger partial charge in [-0.15, -0.1) is 0 Å². The Morgan fingerprint density at radius 1 is 1.50 bits per heavy atom. The zero-order valence-electron chi connectivity index (χ0n) is 10.5. The van der Waals surface area contributed by atoms with Gasteiger partial charge in [0.25, 0.3) is 5.89 Å². The van der Waals surface area contributed by atoms with Crippen molar-refractivity contribution >= 4 is 11.8 Å². The molecule has 0 radical (unpaired) electrons. The van der Waals surface area contributed by atoms with Crippen LogP contribution in [0.2, 0.25) is 0 Å². The fraction of sp³-hybridized carbons (Fsp3) is 0.462. The summed E-state index contributed by atoms with van der Waals surface area (Å²) in [5.74, 6) is 4.03.